The van der Waals surface area contributed by atoms with Gasteiger partial charge in [0.25, 0.3) is 5.91 Å². The number of amides is 1. The van der Waals surface area contributed by atoms with Gasteiger partial charge in [-0.3, -0.25) is 14.3 Å². The van der Waals surface area contributed by atoms with Gasteiger partial charge in [0.1, 0.15) is 0 Å². The molecule has 0 bridgehead atoms. The van der Waals surface area contributed by atoms with E-state index in [0.717, 1.165) is 21.4 Å². The number of esters is 1. The van der Waals surface area contributed by atoms with Crippen LogP contribution in [0.5, 0.6) is 0 Å². The second-order valence-corrected chi connectivity index (χ2v) is 6.61. The van der Waals surface area contributed by atoms with Crippen LogP contribution in [0, 0.1) is 13.8 Å². The summed E-state index contributed by atoms with van der Waals surface area (Å²) in [6.45, 7) is 3.34. The zero-order valence-corrected chi connectivity index (χ0v) is 15.9. The number of carbonyl (C=O) groups is 2. The van der Waals surface area contributed by atoms with Crippen LogP contribution in [-0.2, 0) is 27.8 Å². The standard InChI is InChI=1S/C16H17BrClN3O3/c1-9-12(10(2)21(3)20-9)7-16(23)24-8-15(22)19-14-5-4-11(17)6-13(14)18/h4-6H,7-8H2,1-3H3,(H,19,22). The lowest BCUT2D eigenvalue weighted by atomic mass is 10.1. The minimum atomic E-state index is -0.480. The number of nitrogens with one attached hydrogen (secondary N) is 1. The van der Waals surface area contributed by atoms with Crippen LogP contribution in [-0.4, -0.2) is 28.3 Å². The van der Waals surface area contributed by atoms with Crippen LogP contribution in [0.3, 0.4) is 0 Å². The topological polar surface area (TPSA) is 73.2 Å². The van der Waals surface area contributed by atoms with Crippen LogP contribution in [0.4, 0.5) is 5.69 Å². The van der Waals surface area contributed by atoms with E-state index in [0.29, 0.717) is 10.7 Å². The Kier molecular flexibility index (Phi) is 6.01. The molecule has 0 saturated carbocycles. The lowest BCUT2D eigenvalue weighted by Crippen LogP contribution is -2.22. The highest BCUT2D eigenvalue weighted by Gasteiger charge is 2.16. The van der Waals surface area contributed by atoms with Gasteiger partial charge in [0.05, 0.1) is 22.8 Å². The van der Waals surface area contributed by atoms with Gasteiger partial charge in [-0.2, -0.15) is 5.10 Å². The number of hydrogen-bond acceptors (Lipinski definition) is 4. The Hall–Kier alpha value is -1.86. The molecule has 0 radical (unpaired) electrons. The number of aryl methyl sites for hydroxylation is 2. The fourth-order valence-electron chi connectivity index (χ4n) is 2.19. The molecule has 24 heavy (non-hydrogen) atoms. The highest BCUT2D eigenvalue weighted by atomic mass is 79.9. The normalized spacial score (nSPS) is 10.5. The molecule has 2 aromatic rings. The highest BCUT2D eigenvalue weighted by molar-refractivity contribution is 9.10. The Morgan fingerprint density at radius 3 is 2.67 bits per heavy atom. The third kappa shape index (κ3) is 4.58. The molecule has 1 aromatic heterocycles. The van der Waals surface area contributed by atoms with Gasteiger partial charge in [-0.05, 0) is 32.0 Å². The maximum absolute atomic E-state index is 11.9. The van der Waals surface area contributed by atoms with Crippen LogP contribution in [0.1, 0.15) is 17.0 Å². The van der Waals surface area contributed by atoms with E-state index < -0.39 is 11.9 Å². The predicted octanol–water partition coefficient (Wildman–Crippen LogP) is 3.18. The van der Waals surface area contributed by atoms with Crippen molar-refractivity contribution in [2.45, 2.75) is 20.3 Å². The number of aromatic nitrogens is 2. The van der Waals surface area contributed by atoms with Crippen LogP contribution >= 0.6 is 27.5 Å². The number of benzene rings is 1. The smallest absolute Gasteiger partial charge is 0.310 e. The van der Waals surface area contributed by atoms with E-state index >= 15 is 0 Å². The molecule has 2 rings (SSSR count). The number of halogens is 2. The Bertz CT molecular complexity index is 789. The van der Waals surface area contributed by atoms with Gasteiger partial charge in [-0.25, -0.2) is 0 Å². The average molecular weight is 415 g/mol. The van der Waals surface area contributed by atoms with Gasteiger partial charge in [-0.15, -0.1) is 0 Å². The summed E-state index contributed by atoms with van der Waals surface area (Å²) in [7, 11) is 1.81. The molecule has 1 amide bonds. The molecule has 0 unspecified atom stereocenters. The molecule has 0 fully saturated rings. The van der Waals surface area contributed by atoms with Crippen molar-refractivity contribution in [2.24, 2.45) is 7.05 Å². The molecule has 1 N–H and O–H groups in total. The summed E-state index contributed by atoms with van der Waals surface area (Å²) in [5.74, 6) is -0.932. The highest BCUT2D eigenvalue weighted by Crippen LogP contribution is 2.25. The minimum Gasteiger partial charge on any atom is -0.455 e. The van der Waals surface area contributed by atoms with E-state index in [1.54, 1.807) is 22.9 Å². The monoisotopic (exact) mass is 413 g/mol. The van der Waals surface area contributed by atoms with Crippen LogP contribution in [0.2, 0.25) is 5.02 Å². The van der Waals surface area contributed by atoms with Gasteiger partial charge in [-0.1, -0.05) is 27.5 Å². The van der Waals surface area contributed by atoms with Crippen molar-refractivity contribution >= 4 is 45.1 Å². The summed E-state index contributed by atoms with van der Waals surface area (Å²) in [6, 6.07) is 5.08. The zero-order chi connectivity index (χ0) is 17.9. The van der Waals surface area contributed by atoms with Crippen molar-refractivity contribution in [1.29, 1.82) is 0 Å². The molecule has 0 aliphatic rings. The second-order valence-electron chi connectivity index (χ2n) is 5.28. The van der Waals surface area contributed by atoms with Crippen molar-refractivity contribution in [3.8, 4) is 0 Å². The Morgan fingerprint density at radius 1 is 1.38 bits per heavy atom. The van der Waals surface area contributed by atoms with E-state index in [1.807, 2.05) is 20.9 Å². The quantitative estimate of drug-likeness (QED) is 0.763. The van der Waals surface area contributed by atoms with Crippen molar-refractivity contribution in [3.05, 3.63) is 44.6 Å². The van der Waals surface area contributed by atoms with Gasteiger partial charge in [0.15, 0.2) is 6.61 Å². The van der Waals surface area contributed by atoms with Crippen molar-refractivity contribution in [2.75, 3.05) is 11.9 Å². The number of ether oxygens (including phenoxy) is 1. The lowest BCUT2D eigenvalue weighted by Gasteiger charge is -2.08. The number of anilines is 1. The van der Waals surface area contributed by atoms with Gasteiger partial charge in [0.2, 0.25) is 0 Å². The first-order valence-corrected chi connectivity index (χ1v) is 8.34. The maximum Gasteiger partial charge on any atom is 0.310 e. The SMILES string of the molecule is Cc1nn(C)c(C)c1CC(=O)OCC(=O)Nc1ccc(Br)cc1Cl. The molecule has 0 saturated heterocycles. The minimum absolute atomic E-state index is 0.0812. The first-order chi connectivity index (χ1) is 11.3. The molecule has 128 valence electrons. The average Bonchev–Trinajstić information content (AvgIpc) is 2.74. The Labute approximate surface area is 153 Å². The third-order valence-corrected chi connectivity index (χ3v) is 4.36. The second kappa shape index (κ2) is 7.81. The number of carbonyl (C=O) groups excluding carboxylic acids is 2. The Morgan fingerprint density at radius 2 is 2.08 bits per heavy atom. The van der Waals surface area contributed by atoms with Gasteiger partial charge >= 0.3 is 5.97 Å². The summed E-state index contributed by atoms with van der Waals surface area (Å²) < 4.78 is 7.54. The zero-order valence-electron chi connectivity index (χ0n) is 13.5. The molecule has 0 spiro atoms. The van der Waals surface area contributed by atoms with E-state index in [-0.39, 0.29) is 13.0 Å². The summed E-state index contributed by atoms with van der Waals surface area (Å²) in [4.78, 5) is 23.8. The third-order valence-electron chi connectivity index (χ3n) is 3.55. The number of nitrogens with zero attached hydrogens (tertiary/aromatic N) is 2. The molecule has 8 heteroatoms. The van der Waals surface area contributed by atoms with E-state index in [2.05, 4.69) is 26.3 Å². The summed E-state index contributed by atoms with van der Waals surface area (Å²) in [5.41, 5.74) is 2.95. The first-order valence-electron chi connectivity index (χ1n) is 7.17. The molecular weight excluding hydrogens is 398 g/mol. The van der Waals surface area contributed by atoms with Gasteiger partial charge in [0, 0.05) is 22.8 Å². The molecule has 6 nitrogen and oxygen atoms in total. The fourth-order valence-corrected chi connectivity index (χ4v) is 2.91. The maximum atomic E-state index is 11.9. The largest absolute Gasteiger partial charge is 0.455 e. The summed E-state index contributed by atoms with van der Waals surface area (Å²) in [6.07, 6.45) is 0.0812. The molecule has 1 aromatic carbocycles. The van der Waals surface area contributed by atoms with Crippen LogP contribution in [0.15, 0.2) is 22.7 Å². The molecular formula is C16H17BrClN3O3. The molecule has 0 aliphatic carbocycles. The van der Waals surface area contributed by atoms with Crippen LogP contribution < -0.4 is 5.32 Å². The van der Waals surface area contributed by atoms with Gasteiger partial charge < -0.3 is 10.1 Å². The summed E-state index contributed by atoms with van der Waals surface area (Å²) >= 11 is 9.30. The van der Waals surface area contributed by atoms with E-state index in [9.17, 15) is 9.59 Å². The van der Waals surface area contributed by atoms with Crippen molar-refractivity contribution in [3.63, 3.8) is 0 Å². The number of hydrogen-bond donors (Lipinski definition) is 1. The summed E-state index contributed by atoms with van der Waals surface area (Å²) in [5, 5.41) is 7.23. The van der Waals surface area contributed by atoms with E-state index in [1.165, 1.54) is 0 Å². The number of rotatable bonds is 5. The lowest BCUT2D eigenvalue weighted by molar-refractivity contribution is -0.146. The molecule has 0 atom stereocenters. The first kappa shape index (κ1) is 18.5. The predicted molar refractivity (Wildman–Crippen MR) is 95.1 cm³/mol. The molecule has 0 aliphatic heterocycles. The Balaban J connectivity index is 1.88. The van der Waals surface area contributed by atoms with Crippen molar-refractivity contribution < 1.29 is 14.3 Å². The van der Waals surface area contributed by atoms with Crippen LogP contribution in [0.25, 0.3) is 0 Å². The molecule has 1 heterocycles. The van der Waals surface area contributed by atoms with Crippen molar-refractivity contribution in [1.82, 2.24) is 9.78 Å². The van der Waals surface area contributed by atoms with E-state index in [4.69, 9.17) is 16.3 Å². The fraction of sp³-hybridized carbons (Fsp3) is 0.312.